The maximum absolute atomic E-state index is 13.0. The van der Waals surface area contributed by atoms with Crippen LogP contribution in [0.15, 0.2) is 36.4 Å². The lowest BCUT2D eigenvalue weighted by molar-refractivity contribution is 0.102. The third-order valence-electron chi connectivity index (χ3n) is 2.83. The molecule has 0 spiro atoms. The molecule has 0 saturated heterocycles. The third-order valence-corrected chi connectivity index (χ3v) is 2.83. The molecule has 0 fully saturated rings. The summed E-state index contributed by atoms with van der Waals surface area (Å²) in [4.78, 5) is 12.0. The highest BCUT2D eigenvalue weighted by molar-refractivity contribution is 6.06. The Balaban J connectivity index is 2.25. The van der Waals surface area contributed by atoms with E-state index in [1.165, 1.54) is 24.3 Å². The summed E-state index contributed by atoms with van der Waals surface area (Å²) in [6, 6.07) is 8.92. The molecule has 0 aliphatic carbocycles. The predicted octanol–water partition coefficient (Wildman–Crippen LogP) is 3.40. The lowest BCUT2D eigenvalue weighted by Crippen LogP contribution is -2.13. The lowest BCUT2D eigenvalue weighted by Gasteiger charge is -2.09. The standard InChI is InChI=1S/C15H14FNO2/c1-9-3-5-12(14(18)7-9)15(19)17-13-6-4-11(16)8-10(13)2/h3-8,18H,1-2H3,(H,17,19). The van der Waals surface area contributed by atoms with Gasteiger partial charge in [0.1, 0.15) is 11.6 Å². The zero-order valence-electron chi connectivity index (χ0n) is 10.7. The second kappa shape index (κ2) is 5.10. The van der Waals surface area contributed by atoms with Crippen LogP contribution in [0.1, 0.15) is 21.5 Å². The molecular formula is C15H14FNO2. The first-order chi connectivity index (χ1) is 8.97. The van der Waals surface area contributed by atoms with E-state index in [4.69, 9.17) is 0 Å². The van der Waals surface area contributed by atoms with Crippen LogP contribution in [0, 0.1) is 19.7 Å². The maximum Gasteiger partial charge on any atom is 0.259 e. The fourth-order valence-corrected chi connectivity index (χ4v) is 1.79. The van der Waals surface area contributed by atoms with Gasteiger partial charge in [0.05, 0.1) is 5.56 Å². The van der Waals surface area contributed by atoms with Crippen molar-refractivity contribution < 1.29 is 14.3 Å². The lowest BCUT2D eigenvalue weighted by atomic mass is 10.1. The Bertz CT molecular complexity index is 638. The molecule has 0 unspecified atom stereocenters. The number of carbonyl (C=O) groups excluding carboxylic acids is 1. The fourth-order valence-electron chi connectivity index (χ4n) is 1.79. The summed E-state index contributed by atoms with van der Waals surface area (Å²) >= 11 is 0. The summed E-state index contributed by atoms with van der Waals surface area (Å²) in [5.41, 5.74) is 2.20. The Kier molecular flexibility index (Phi) is 3.51. The molecule has 2 rings (SSSR count). The molecule has 1 amide bonds. The summed E-state index contributed by atoms with van der Waals surface area (Å²) in [5.74, 6) is -0.849. The molecule has 2 aromatic carbocycles. The zero-order valence-corrected chi connectivity index (χ0v) is 10.7. The van der Waals surface area contributed by atoms with Crippen molar-refractivity contribution in [3.05, 3.63) is 58.9 Å². The van der Waals surface area contributed by atoms with Gasteiger partial charge in [0.25, 0.3) is 5.91 Å². The summed E-state index contributed by atoms with van der Waals surface area (Å²) in [5, 5.41) is 12.4. The molecule has 98 valence electrons. The monoisotopic (exact) mass is 259 g/mol. The Hall–Kier alpha value is -2.36. The quantitative estimate of drug-likeness (QED) is 0.868. The van der Waals surface area contributed by atoms with E-state index < -0.39 is 5.91 Å². The number of phenolic OH excluding ortho intramolecular Hbond substituents is 1. The van der Waals surface area contributed by atoms with Crippen LogP contribution in [0.5, 0.6) is 5.75 Å². The number of phenols is 1. The van der Waals surface area contributed by atoms with Gasteiger partial charge >= 0.3 is 0 Å². The largest absolute Gasteiger partial charge is 0.507 e. The van der Waals surface area contributed by atoms with Crippen LogP contribution in [-0.4, -0.2) is 11.0 Å². The molecule has 2 aromatic rings. The van der Waals surface area contributed by atoms with Gasteiger partial charge in [-0.25, -0.2) is 4.39 Å². The van der Waals surface area contributed by atoms with Gasteiger partial charge in [0.15, 0.2) is 0 Å². The minimum Gasteiger partial charge on any atom is -0.507 e. The van der Waals surface area contributed by atoms with Gasteiger partial charge in [-0.15, -0.1) is 0 Å². The average molecular weight is 259 g/mol. The molecule has 0 radical (unpaired) electrons. The molecule has 2 N–H and O–H groups in total. The second-order valence-corrected chi connectivity index (χ2v) is 4.43. The molecule has 0 atom stereocenters. The van der Waals surface area contributed by atoms with Gasteiger partial charge in [-0.3, -0.25) is 4.79 Å². The first kappa shape index (κ1) is 13.1. The van der Waals surface area contributed by atoms with Crippen LogP contribution in [-0.2, 0) is 0 Å². The number of hydrogen-bond donors (Lipinski definition) is 2. The van der Waals surface area contributed by atoms with Crippen molar-refractivity contribution in [2.45, 2.75) is 13.8 Å². The smallest absolute Gasteiger partial charge is 0.259 e. The number of carbonyl (C=O) groups is 1. The fraction of sp³-hybridized carbons (Fsp3) is 0.133. The van der Waals surface area contributed by atoms with Crippen molar-refractivity contribution in [3.63, 3.8) is 0 Å². The summed E-state index contributed by atoms with van der Waals surface area (Å²) in [7, 11) is 0. The Labute approximate surface area is 110 Å². The van der Waals surface area contributed by atoms with E-state index in [0.29, 0.717) is 11.3 Å². The van der Waals surface area contributed by atoms with Crippen LogP contribution in [0.2, 0.25) is 0 Å². The molecule has 0 aliphatic heterocycles. The number of aromatic hydroxyl groups is 1. The van der Waals surface area contributed by atoms with Crippen LogP contribution >= 0.6 is 0 Å². The normalized spacial score (nSPS) is 10.3. The molecule has 0 saturated carbocycles. The SMILES string of the molecule is Cc1ccc(C(=O)Nc2ccc(F)cc2C)c(O)c1. The minimum absolute atomic E-state index is 0.0720. The van der Waals surface area contributed by atoms with Crippen molar-refractivity contribution in [2.24, 2.45) is 0 Å². The average Bonchev–Trinajstić information content (AvgIpc) is 2.32. The van der Waals surface area contributed by atoms with Crippen molar-refractivity contribution in [3.8, 4) is 5.75 Å². The minimum atomic E-state index is -0.424. The molecule has 0 aliphatic rings. The summed E-state index contributed by atoms with van der Waals surface area (Å²) < 4.78 is 13.0. The summed E-state index contributed by atoms with van der Waals surface area (Å²) in [6.07, 6.45) is 0. The molecule has 3 nitrogen and oxygen atoms in total. The number of anilines is 1. The van der Waals surface area contributed by atoms with Crippen molar-refractivity contribution in [1.82, 2.24) is 0 Å². The van der Waals surface area contributed by atoms with E-state index in [-0.39, 0.29) is 17.1 Å². The van der Waals surface area contributed by atoms with Gasteiger partial charge < -0.3 is 10.4 Å². The summed E-state index contributed by atoms with van der Waals surface area (Å²) in [6.45, 7) is 3.53. The predicted molar refractivity (Wildman–Crippen MR) is 71.9 cm³/mol. The van der Waals surface area contributed by atoms with Gasteiger partial charge in [-0.2, -0.15) is 0 Å². The number of rotatable bonds is 2. The second-order valence-electron chi connectivity index (χ2n) is 4.43. The number of benzene rings is 2. The van der Waals surface area contributed by atoms with Crippen LogP contribution in [0.25, 0.3) is 0 Å². The third kappa shape index (κ3) is 2.91. The van der Waals surface area contributed by atoms with Crippen molar-refractivity contribution in [1.29, 1.82) is 0 Å². The van der Waals surface area contributed by atoms with Crippen LogP contribution < -0.4 is 5.32 Å². The number of aryl methyl sites for hydroxylation is 2. The van der Waals surface area contributed by atoms with E-state index in [0.717, 1.165) is 5.56 Å². The maximum atomic E-state index is 13.0. The number of halogens is 1. The molecule has 0 aromatic heterocycles. The number of amides is 1. The number of hydrogen-bond acceptors (Lipinski definition) is 2. The van der Waals surface area contributed by atoms with E-state index in [9.17, 15) is 14.3 Å². The molecule has 19 heavy (non-hydrogen) atoms. The zero-order chi connectivity index (χ0) is 14.0. The van der Waals surface area contributed by atoms with Crippen molar-refractivity contribution >= 4 is 11.6 Å². The van der Waals surface area contributed by atoms with Gasteiger partial charge in [-0.05, 0) is 55.3 Å². The van der Waals surface area contributed by atoms with Gasteiger partial charge in [-0.1, -0.05) is 6.07 Å². The molecule has 4 heteroatoms. The highest BCUT2D eigenvalue weighted by atomic mass is 19.1. The first-order valence-corrected chi connectivity index (χ1v) is 5.84. The first-order valence-electron chi connectivity index (χ1n) is 5.84. The van der Waals surface area contributed by atoms with Crippen LogP contribution in [0.4, 0.5) is 10.1 Å². The topological polar surface area (TPSA) is 49.3 Å². The highest BCUT2D eigenvalue weighted by Crippen LogP contribution is 2.21. The van der Waals surface area contributed by atoms with E-state index in [1.54, 1.807) is 19.1 Å². The molecular weight excluding hydrogens is 245 g/mol. The van der Waals surface area contributed by atoms with Crippen LogP contribution in [0.3, 0.4) is 0 Å². The Morgan fingerprint density at radius 2 is 1.89 bits per heavy atom. The van der Waals surface area contributed by atoms with Gasteiger partial charge in [0, 0.05) is 5.69 Å². The number of nitrogens with one attached hydrogen (secondary N) is 1. The van der Waals surface area contributed by atoms with E-state index in [1.807, 2.05) is 6.92 Å². The molecule has 0 bridgehead atoms. The Morgan fingerprint density at radius 1 is 1.16 bits per heavy atom. The van der Waals surface area contributed by atoms with E-state index in [2.05, 4.69) is 5.32 Å². The van der Waals surface area contributed by atoms with E-state index >= 15 is 0 Å². The molecule has 0 heterocycles. The highest BCUT2D eigenvalue weighted by Gasteiger charge is 2.12. The Morgan fingerprint density at radius 3 is 2.53 bits per heavy atom. The van der Waals surface area contributed by atoms with Crippen molar-refractivity contribution in [2.75, 3.05) is 5.32 Å². The van der Waals surface area contributed by atoms with Gasteiger partial charge in [0.2, 0.25) is 0 Å².